The van der Waals surface area contributed by atoms with Gasteiger partial charge >= 0.3 is 11.9 Å². The minimum atomic E-state index is -1.97. The van der Waals surface area contributed by atoms with Crippen LogP contribution in [0.2, 0.25) is 37.8 Å². The normalized spacial score (nSPS) is 25.4. The highest BCUT2D eigenvalue weighted by Crippen LogP contribution is 2.40. The van der Waals surface area contributed by atoms with E-state index in [0.717, 1.165) is 18.4 Å². The lowest BCUT2D eigenvalue weighted by Gasteiger charge is -2.44. The van der Waals surface area contributed by atoms with Gasteiger partial charge in [-0.25, -0.2) is 4.79 Å². The van der Waals surface area contributed by atoms with Crippen LogP contribution in [0.1, 0.15) is 69.3 Å². The van der Waals surface area contributed by atoms with Crippen molar-refractivity contribution in [2.45, 2.75) is 122 Å². The molecule has 0 amide bonds. The molecule has 206 valence electrons. The second-order valence-electron chi connectivity index (χ2n) is 13.2. The number of ether oxygens (including phenoxy) is 3. The van der Waals surface area contributed by atoms with E-state index in [4.69, 9.17) is 18.6 Å². The Hall–Kier alpha value is -1.75. The van der Waals surface area contributed by atoms with Crippen molar-refractivity contribution in [2.24, 2.45) is 0 Å². The fourth-order valence-electron chi connectivity index (χ4n) is 4.77. The van der Waals surface area contributed by atoms with Gasteiger partial charge in [0.15, 0.2) is 8.32 Å². The molecule has 1 aromatic carbocycles. The highest BCUT2D eigenvalue weighted by Gasteiger charge is 2.42. The molecule has 2 heterocycles. The van der Waals surface area contributed by atoms with E-state index in [1.165, 1.54) is 6.92 Å². The van der Waals surface area contributed by atoms with Crippen LogP contribution < -0.4 is 4.74 Å². The highest BCUT2D eigenvalue weighted by molar-refractivity contribution is 6.80. The molecule has 0 unspecified atom stereocenters. The summed E-state index contributed by atoms with van der Waals surface area (Å²) in [6, 6.07) is 5.37. The van der Waals surface area contributed by atoms with Crippen LogP contribution in [0.5, 0.6) is 5.75 Å². The summed E-state index contributed by atoms with van der Waals surface area (Å²) in [6.45, 7) is 19.6. The first-order valence-corrected chi connectivity index (χ1v) is 20.0. The standard InChI is InChI=1S/C29H46O6Si2/c1-20(30)32-26-14-10-12-21-16-23-18-25(35-37(8,9)29(2,3)4)19-24(33-23)17-22(34-28(31)27(21)26)13-11-15-36(5,6)7/h10-12,14-15,22-25H,13,16-19H2,1-9H3/b15-11+/t22-,23-,24-,25+/m0/s1. The lowest BCUT2D eigenvalue weighted by molar-refractivity contribution is -0.131. The minimum absolute atomic E-state index is 0.0511. The molecule has 0 spiro atoms. The molecule has 4 atom stereocenters. The molecule has 1 fully saturated rings. The summed E-state index contributed by atoms with van der Waals surface area (Å²) in [5.74, 6) is -0.662. The summed E-state index contributed by atoms with van der Waals surface area (Å²) < 4.78 is 25.0. The minimum Gasteiger partial charge on any atom is -0.458 e. The van der Waals surface area contributed by atoms with Crippen molar-refractivity contribution in [3.63, 3.8) is 0 Å². The summed E-state index contributed by atoms with van der Waals surface area (Å²) in [5.41, 5.74) is 3.39. The van der Waals surface area contributed by atoms with Gasteiger partial charge in [-0.15, -0.1) is 0 Å². The van der Waals surface area contributed by atoms with Crippen LogP contribution in [0.25, 0.3) is 0 Å². The number of rotatable bonds is 6. The van der Waals surface area contributed by atoms with Crippen molar-refractivity contribution >= 4 is 28.3 Å². The average molecular weight is 547 g/mol. The number of fused-ring (bicyclic) bond motifs is 3. The Morgan fingerprint density at radius 2 is 1.76 bits per heavy atom. The number of carbonyl (C=O) groups is 2. The van der Waals surface area contributed by atoms with Crippen molar-refractivity contribution in [1.82, 2.24) is 0 Å². The Bertz CT molecular complexity index is 1000. The number of benzene rings is 1. The summed E-state index contributed by atoms with van der Waals surface area (Å²) in [7, 11) is -3.36. The zero-order valence-electron chi connectivity index (χ0n) is 24.2. The Balaban J connectivity index is 1.97. The number of hydrogen-bond acceptors (Lipinski definition) is 6. The van der Waals surface area contributed by atoms with Gasteiger partial charge in [-0.2, -0.15) is 0 Å². The first kappa shape index (κ1) is 29.8. The van der Waals surface area contributed by atoms with Gasteiger partial charge in [-0.3, -0.25) is 4.79 Å². The van der Waals surface area contributed by atoms with Crippen molar-refractivity contribution in [1.29, 1.82) is 0 Å². The molecular weight excluding hydrogens is 500 g/mol. The van der Waals surface area contributed by atoms with Crippen LogP contribution in [0.4, 0.5) is 0 Å². The molecule has 0 radical (unpaired) electrons. The highest BCUT2D eigenvalue weighted by atomic mass is 28.4. The van der Waals surface area contributed by atoms with Gasteiger partial charge in [0.05, 0.1) is 20.3 Å². The van der Waals surface area contributed by atoms with Crippen LogP contribution in [-0.4, -0.2) is 52.7 Å². The van der Waals surface area contributed by atoms with Gasteiger partial charge in [0.1, 0.15) is 17.4 Å². The molecule has 0 saturated carbocycles. The Kier molecular flexibility index (Phi) is 9.31. The van der Waals surface area contributed by atoms with E-state index in [1.54, 1.807) is 6.07 Å². The van der Waals surface area contributed by atoms with Crippen molar-refractivity contribution in [2.75, 3.05) is 0 Å². The molecule has 37 heavy (non-hydrogen) atoms. The quantitative estimate of drug-likeness (QED) is 0.221. The maximum Gasteiger partial charge on any atom is 0.342 e. The molecule has 0 N–H and O–H groups in total. The number of cyclic esters (lactones) is 1. The Morgan fingerprint density at radius 3 is 2.38 bits per heavy atom. The maximum absolute atomic E-state index is 13.5. The molecule has 0 aliphatic carbocycles. The second kappa shape index (κ2) is 11.6. The van der Waals surface area contributed by atoms with Crippen molar-refractivity contribution < 1.29 is 28.2 Å². The molecule has 2 aliphatic rings. The van der Waals surface area contributed by atoms with Crippen LogP contribution in [-0.2, 0) is 25.1 Å². The van der Waals surface area contributed by atoms with Crippen LogP contribution in [0.15, 0.2) is 30.0 Å². The van der Waals surface area contributed by atoms with E-state index in [9.17, 15) is 9.59 Å². The Morgan fingerprint density at radius 1 is 1.08 bits per heavy atom. The smallest absolute Gasteiger partial charge is 0.342 e. The third-order valence-electron chi connectivity index (χ3n) is 7.54. The summed E-state index contributed by atoms with van der Waals surface area (Å²) in [4.78, 5) is 25.3. The lowest BCUT2D eigenvalue weighted by Crippen LogP contribution is -2.48. The second-order valence-corrected chi connectivity index (χ2v) is 23.0. The third kappa shape index (κ3) is 8.37. The molecule has 6 nitrogen and oxygen atoms in total. The van der Waals surface area contributed by atoms with Gasteiger partial charge in [0.25, 0.3) is 0 Å². The van der Waals surface area contributed by atoms with E-state index < -0.39 is 28.3 Å². The van der Waals surface area contributed by atoms with Gasteiger partial charge in [0, 0.05) is 25.9 Å². The van der Waals surface area contributed by atoms with E-state index in [-0.39, 0.29) is 35.2 Å². The van der Waals surface area contributed by atoms with Crippen LogP contribution in [0.3, 0.4) is 0 Å². The lowest BCUT2D eigenvalue weighted by atomic mass is 9.91. The molecule has 2 aliphatic heterocycles. The fraction of sp³-hybridized carbons (Fsp3) is 0.655. The largest absolute Gasteiger partial charge is 0.458 e. The molecule has 0 aromatic heterocycles. The number of hydrogen-bond donors (Lipinski definition) is 0. The number of esters is 2. The zero-order chi connectivity index (χ0) is 27.6. The first-order chi connectivity index (χ1) is 17.0. The van der Waals surface area contributed by atoms with Crippen LogP contribution in [0, 0.1) is 0 Å². The molecule has 1 saturated heterocycles. The zero-order valence-corrected chi connectivity index (χ0v) is 26.2. The fourth-order valence-corrected chi connectivity index (χ4v) is 6.99. The van der Waals surface area contributed by atoms with Gasteiger partial charge in [-0.1, -0.05) is 64.3 Å². The predicted octanol–water partition coefficient (Wildman–Crippen LogP) is 6.85. The molecule has 2 bridgehead atoms. The molecular formula is C29H46O6Si2. The van der Waals surface area contributed by atoms with Gasteiger partial charge in [-0.05, 0) is 49.0 Å². The third-order valence-corrected chi connectivity index (χ3v) is 13.3. The topological polar surface area (TPSA) is 71.1 Å². The van der Waals surface area contributed by atoms with E-state index in [0.29, 0.717) is 24.8 Å². The summed E-state index contributed by atoms with van der Waals surface area (Å²) in [6.07, 6.45) is 5.11. The SMILES string of the molecule is CC(=O)Oc1cccc2c1C(=O)O[C@@H](C/C=C/[Si](C)(C)C)C[C@H]1C[C@H](O[Si](C)(C)C(C)(C)C)C[C@H](C2)O1. The van der Waals surface area contributed by atoms with E-state index in [1.807, 2.05) is 12.1 Å². The molecule has 1 aromatic rings. The molecule has 8 heteroatoms. The van der Waals surface area contributed by atoms with Gasteiger partial charge < -0.3 is 18.6 Å². The maximum atomic E-state index is 13.5. The summed E-state index contributed by atoms with van der Waals surface area (Å²) >= 11 is 0. The van der Waals surface area contributed by atoms with Gasteiger partial charge in [0.2, 0.25) is 0 Å². The first-order valence-electron chi connectivity index (χ1n) is 13.6. The van der Waals surface area contributed by atoms with Crippen LogP contribution >= 0.6 is 0 Å². The molecule has 3 rings (SSSR count). The predicted molar refractivity (Wildman–Crippen MR) is 152 cm³/mol. The van der Waals surface area contributed by atoms with Crippen molar-refractivity contribution in [3.05, 3.63) is 41.1 Å². The monoisotopic (exact) mass is 546 g/mol. The average Bonchev–Trinajstić information content (AvgIpc) is 2.70. The Labute approximate surface area is 225 Å². The number of carbonyl (C=O) groups excluding carboxylic acids is 2. The van der Waals surface area contributed by atoms with E-state index >= 15 is 0 Å². The van der Waals surface area contributed by atoms with Crippen molar-refractivity contribution in [3.8, 4) is 5.75 Å². The summed E-state index contributed by atoms with van der Waals surface area (Å²) in [5, 5.41) is 0.118. The van der Waals surface area contributed by atoms with E-state index in [2.05, 4.69) is 65.3 Å².